The highest BCUT2D eigenvalue weighted by atomic mass is 35.5. The average molecular weight is 843 g/mol. The van der Waals surface area contributed by atoms with Gasteiger partial charge in [0.2, 0.25) is 11.8 Å². The van der Waals surface area contributed by atoms with Crippen molar-refractivity contribution in [1.29, 1.82) is 5.26 Å². The number of carbonyl (C=O) groups is 5. The van der Waals surface area contributed by atoms with Gasteiger partial charge >= 0.3 is 0 Å². The van der Waals surface area contributed by atoms with Gasteiger partial charge in [-0.25, -0.2) is 0 Å². The van der Waals surface area contributed by atoms with Gasteiger partial charge in [0.25, 0.3) is 17.7 Å². The van der Waals surface area contributed by atoms with Crippen molar-refractivity contribution in [2.75, 3.05) is 31.1 Å². The number of piperidine rings is 3. The standard InChI is InChI=1S/C48H51ClN6O6/c1-28-38(16-12-32(27-50)40(28)49)61-46-47(2,3)45(48(46,4)5)52-41(57)31-10-8-29(9-11-31)6-7-30-18-22-53(23-19-30)33-20-24-54(25-21-33)34-13-14-35-36(26-34)44(60)55(43(35)59)37-15-17-39(56)51-42(37)58/h8-14,16,26,30,33,37,45-46H,15,17-25H2,1-5H3,(H,52,57)(H,51,56,58). The van der Waals surface area contributed by atoms with Crippen molar-refractivity contribution in [3.8, 4) is 23.7 Å². The van der Waals surface area contributed by atoms with Crippen LogP contribution in [0.4, 0.5) is 5.69 Å². The fourth-order valence-corrected chi connectivity index (χ4v) is 10.7. The summed E-state index contributed by atoms with van der Waals surface area (Å²) < 4.78 is 6.50. The molecule has 5 aliphatic rings. The molecule has 0 radical (unpaired) electrons. The lowest BCUT2D eigenvalue weighted by molar-refractivity contribution is -0.164. The predicted octanol–water partition coefficient (Wildman–Crippen LogP) is 6.27. The summed E-state index contributed by atoms with van der Waals surface area (Å²) in [5.41, 5.74) is 3.34. The Hall–Kier alpha value is -5.69. The molecular weight excluding hydrogens is 792 g/mol. The molecule has 12 nitrogen and oxygen atoms in total. The normalized spacial score (nSPS) is 23.9. The molecule has 316 valence electrons. The summed E-state index contributed by atoms with van der Waals surface area (Å²) in [6.45, 7) is 13.8. The van der Waals surface area contributed by atoms with E-state index in [2.05, 4.69) is 66.0 Å². The van der Waals surface area contributed by atoms with E-state index < -0.39 is 29.7 Å². The van der Waals surface area contributed by atoms with Crippen LogP contribution in [0.15, 0.2) is 54.6 Å². The minimum Gasteiger partial charge on any atom is -0.489 e. The van der Waals surface area contributed by atoms with E-state index in [0.29, 0.717) is 45.0 Å². The fraction of sp³-hybridized carbons (Fsp3) is 0.458. The van der Waals surface area contributed by atoms with Crippen LogP contribution in [-0.2, 0) is 9.59 Å². The van der Waals surface area contributed by atoms with Crippen LogP contribution in [0.1, 0.15) is 114 Å². The van der Waals surface area contributed by atoms with Gasteiger partial charge in [0, 0.05) is 70.7 Å². The largest absolute Gasteiger partial charge is 0.489 e. The Morgan fingerprint density at radius 1 is 0.869 bits per heavy atom. The Kier molecular flexibility index (Phi) is 11.2. The van der Waals surface area contributed by atoms with Crippen molar-refractivity contribution in [3.63, 3.8) is 0 Å². The lowest BCUT2D eigenvalue weighted by Gasteiger charge is -2.63. The van der Waals surface area contributed by atoms with Gasteiger partial charge in [-0.3, -0.25) is 34.2 Å². The van der Waals surface area contributed by atoms with E-state index in [4.69, 9.17) is 16.3 Å². The van der Waals surface area contributed by atoms with Crippen LogP contribution in [0, 0.1) is 46.8 Å². The number of hydrogen-bond donors (Lipinski definition) is 2. The number of hydrogen-bond acceptors (Lipinski definition) is 9. The summed E-state index contributed by atoms with van der Waals surface area (Å²) >= 11 is 6.41. The Bertz CT molecular complexity index is 2400. The smallest absolute Gasteiger partial charge is 0.262 e. The van der Waals surface area contributed by atoms with Crippen LogP contribution in [0.3, 0.4) is 0 Å². The molecule has 3 aromatic carbocycles. The SMILES string of the molecule is Cc1c(OC2C(C)(C)C(NC(=O)c3ccc(C#CC4CCN(C5CCN(c6ccc7c(c6)C(=O)N(C6CCC(=O)NC6=O)C7=O)CC5)CC4)cc3)C2(C)C)ccc(C#N)c1Cl. The third-order valence-corrected chi connectivity index (χ3v) is 14.2. The summed E-state index contributed by atoms with van der Waals surface area (Å²) in [7, 11) is 0. The van der Waals surface area contributed by atoms with Crippen molar-refractivity contribution in [2.24, 2.45) is 16.7 Å². The molecule has 0 aromatic heterocycles. The molecule has 8 rings (SSSR count). The van der Waals surface area contributed by atoms with Gasteiger partial charge < -0.3 is 19.9 Å². The van der Waals surface area contributed by atoms with Crippen molar-refractivity contribution >= 4 is 46.8 Å². The van der Waals surface area contributed by atoms with E-state index in [1.807, 2.05) is 37.3 Å². The number of benzene rings is 3. The summed E-state index contributed by atoms with van der Waals surface area (Å²) in [5, 5.41) is 15.2. The third kappa shape index (κ3) is 7.77. The molecule has 4 aliphatic heterocycles. The van der Waals surface area contributed by atoms with Crippen LogP contribution < -0.4 is 20.3 Å². The monoisotopic (exact) mass is 842 g/mol. The number of carbonyl (C=O) groups excluding carboxylic acids is 5. The number of nitrogens with zero attached hydrogens (tertiary/aromatic N) is 4. The maximum absolute atomic E-state index is 13.5. The van der Waals surface area contributed by atoms with Gasteiger partial charge in [0.15, 0.2) is 0 Å². The molecule has 5 amide bonds. The Morgan fingerprint density at radius 2 is 1.54 bits per heavy atom. The molecule has 0 spiro atoms. The molecule has 13 heteroatoms. The first kappa shape index (κ1) is 42.0. The highest BCUT2D eigenvalue weighted by molar-refractivity contribution is 6.32. The van der Waals surface area contributed by atoms with Gasteiger partial charge in [0.05, 0.1) is 21.7 Å². The van der Waals surface area contributed by atoms with Crippen molar-refractivity contribution in [1.82, 2.24) is 20.4 Å². The Balaban J connectivity index is 0.798. The molecule has 1 aliphatic carbocycles. The molecule has 3 saturated heterocycles. The summed E-state index contributed by atoms with van der Waals surface area (Å²) in [6.07, 6.45) is 3.99. The highest BCUT2D eigenvalue weighted by Crippen LogP contribution is 2.56. The minimum absolute atomic E-state index is 0.0892. The van der Waals surface area contributed by atoms with Crippen LogP contribution in [0.2, 0.25) is 5.02 Å². The second-order valence-electron chi connectivity index (χ2n) is 18.3. The minimum atomic E-state index is -0.976. The second-order valence-corrected chi connectivity index (χ2v) is 18.6. The van der Waals surface area contributed by atoms with E-state index in [-0.39, 0.29) is 41.7 Å². The van der Waals surface area contributed by atoms with Gasteiger partial charge in [0.1, 0.15) is 24.0 Å². The molecule has 1 atom stereocenters. The average Bonchev–Trinajstić information content (AvgIpc) is 3.50. The van der Waals surface area contributed by atoms with E-state index in [0.717, 1.165) is 73.6 Å². The van der Waals surface area contributed by atoms with Crippen LogP contribution in [-0.4, -0.2) is 89.7 Å². The predicted molar refractivity (Wildman–Crippen MR) is 230 cm³/mol. The van der Waals surface area contributed by atoms with Crippen LogP contribution in [0.25, 0.3) is 0 Å². The van der Waals surface area contributed by atoms with E-state index >= 15 is 0 Å². The summed E-state index contributed by atoms with van der Waals surface area (Å²) in [6, 6.07) is 17.7. The first-order valence-corrected chi connectivity index (χ1v) is 21.6. The Morgan fingerprint density at radius 3 is 2.20 bits per heavy atom. The quantitative estimate of drug-likeness (QED) is 0.207. The van der Waals surface area contributed by atoms with E-state index in [1.54, 1.807) is 24.3 Å². The van der Waals surface area contributed by atoms with Gasteiger partial charge in [-0.2, -0.15) is 5.26 Å². The first-order chi connectivity index (χ1) is 29.1. The molecule has 2 N–H and O–H groups in total. The number of nitrogens with one attached hydrogen (secondary N) is 2. The molecule has 4 heterocycles. The summed E-state index contributed by atoms with van der Waals surface area (Å²) in [4.78, 5) is 69.9. The van der Waals surface area contributed by atoms with Gasteiger partial charge in [-0.15, -0.1) is 0 Å². The first-order valence-electron chi connectivity index (χ1n) is 21.2. The summed E-state index contributed by atoms with van der Waals surface area (Å²) in [5.74, 6) is 5.65. The van der Waals surface area contributed by atoms with Gasteiger partial charge in [-0.1, -0.05) is 51.1 Å². The molecular formula is C48H51ClN6O6. The number of fused-ring (bicyclic) bond motifs is 1. The zero-order valence-electron chi connectivity index (χ0n) is 35.3. The number of halogens is 1. The zero-order chi connectivity index (χ0) is 43.4. The highest BCUT2D eigenvalue weighted by Gasteiger charge is 2.64. The number of likely N-dealkylation sites (tertiary alicyclic amines) is 1. The molecule has 4 fully saturated rings. The lowest BCUT2D eigenvalue weighted by atomic mass is 9.49. The maximum Gasteiger partial charge on any atom is 0.262 e. The zero-order valence-corrected chi connectivity index (χ0v) is 36.0. The third-order valence-electron chi connectivity index (χ3n) is 13.7. The van der Waals surface area contributed by atoms with Crippen molar-refractivity contribution < 1.29 is 28.7 Å². The molecule has 0 bridgehead atoms. The lowest BCUT2D eigenvalue weighted by Crippen LogP contribution is -2.74. The Labute approximate surface area is 361 Å². The van der Waals surface area contributed by atoms with Crippen molar-refractivity contribution in [2.45, 2.75) is 97.4 Å². The molecule has 3 aromatic rings. The van der Waals surface area contributed by atoms with Crippen molar-refractivity contribution in [3.05, 3.63) is 93.0 Å². The fourth-order valence-electron chi connectivity index (χ4n) is 10.5. The number of ether oxygens (including phenoxy) is 1. The number of rotatable bonds is 7. The van der Waals surface area contributed by atoms with E-state index in [9.17, 15) is 29.2 Å². The maximum atomic E-state index is 13.5. The molecule has 1 unspecified atom stereocenters. The topological polar surface area (TPSA) is 152 Å². The second kappa shape index (κ2) is 16.3. The molecule has 61 heavy (non-hydrogen) atoms. The molecule has 1 saturated carbocycles. The number of nitriles is 1. The number of anilines is 1. The van der Waals surface area contributed by atoms with Crippen LogP contribution in [0.5, 0.6) is 5.75 Å². The van der Waals surface area contributed by atoms with E-state index in [1.165, 1.54) is 0 Å². The number of imide groups is 2. The van der Waals surface area contributed by atoms with Crippen LogP contribution >= 0.6 is 11.6 Å². The van der Waals surface area contributed by atoms with Gasteiger partial charge in [-0.05, 0) is 107 Å². The number of amides is 5.